The summed E-state index contributed by atoms with van der Waals surface area (Å²) in [4.78, 5) is 24.5. The van der Waals surface area contributed by atoms with Crippen molar-refractivity contribution in [3.05, 3.63) is 52.9 Å². The zero-order valence-corrected chi connectivity index (χ0v) is 18.9. The number of amides is 1. The van der Waals surface area contributed by atoms with E-state index in [1.807, 2.05) is 68.7 Å². The quantitative estimate of drug-likeness (QED) is 0.397. The molecular weight excluding hydrogens is 394 g/mol. The van der Waals surface area contributed by atoms with E-state index in [9.17, 15) is 14.9 Å². The zero-order valence-electron chi connectivity index (χ0n) is 18.9. The Labute approximate surface area is 183 Å². The lowest BCUT2D eigenvalue weighted by atomic mass is 10.1. The Hall–Kier alpha value is -3.53. The molecule has 1 heterocycles. The molecular formula is C24H29N3O4. The number of nitrogens with one attached hydrogen (secondary N) is 1. The fourth-order valence-corrected chi connectivity index (χ4v) is 3.08. The van der Waals surface area contributed by atoms with Gasteiger partial charge in [-0.3, -0.25) is 4.79 Å². The molecule has 7 nitrogen and oxygen atoms in total. The number of aryl methyl sites for hydroxylation is 1. The Bertz CT molecular complexity index is 1010. The number of nitrogens with zero attached hydrogens (tertiary/aromatic N) is 2. The summed E-state index contributed by atoms with van der Waals surface area (Å²) >= 11 is 0. The summed E-state index contributed by atoms with van der Waals surface area (Å²) in [7, 11) is 1.61. The van der Waals surface area contributed by atoms with Gasteiger partial charge in [0.05, 0.1) is 7.11 Å². The fourth-order valence-electron chi connectivity index (χ4n) is 3.08. The summed E-state index contributed by atoms with van der Waals surface area (Å²) in [5.41, 5.74) is 3.30. The van der Waals surface area contributed by atoms with Crippen LogP contribution in [0.2, 0.25) is 0 Å². The molecule has 0 bridgehead atoms. The maximum atomic E-state index is 12.5. The molecule has 0 aliphatic rings. The first-order valence-electron chi connectivity index (χ1n) is 10.1. The van der Waals surface area contributed by atoms with Crippen LogP contribution in [0.25, 0.3) is 11.8 Å². The Morgan fingerprint density at radius 3 is 2.39 bits per heavy atom. The second kappa shape index (κ2) is 10.5. The highest BCUT2D eigenvalue weighted by Gasteiger charge is 2.21. The third-order valence-corrected chi connectivity index (χ3v) is 4.78. The maximum Gasteiger partial charge on any atom is 0.349 e. The van der Waals surface area contributed by atoms with Gasteiger partial charge in [0.1, 0.15) is 17.4 Å². The predicted molar refractivity (Wildman–Crippen MR) is 119 cm³/mol. The molecule has 1 atom stereocenters. The number of benzene rings is 1. The zero-order chi connectivity index (χ0) is 23.1. The van der Waals surface area contributed by atoms with E-state index in [4.69, 9.17) is 9.47 Å². The summed E-state index contributed by atoms with van der Waals surface area (Å²) in [5.74, 6) is -0.185. The van der Waals surface area contributed by atoms with Gasteiger partial charge in [0.25, 0.3) is 5.91 Å². The standard InChI is InChI=1S/C24H29N3O4/c1-15(2)14-26-23(28)18(5)31-24(29)20(13-25)12-19-11-16(3)27(17(19)4)21-7-9-22(30-6)10-8-21/h7-12,15,18H,14H2,1-6H3,(H,26,28)/b20-12+/t18-/m0/s1. The highest BCUT2D eigenvalue weighted by molar-refractivity contribution is 5.99. The van der Waals surface area contributed by atoms with Gasteiger partial charge in [-0.2, -0.15) is 5.26 Å². The summed E-state index contributed by atoms with van der Waals surface area (Å²) in [5, 5.41) is 12.2. The fraction of sp³-hybridized carbons (Fsp3) is 0.375. The third kappa shape index (κ3) is 5.98. The van der Waals surface area contributed by atoms with Crippen molar-refractivity contribution in [3.8, 4) is 17.5 Å². The van der Waals surface area contributed by atoms with E-state index in [2.05, 4.69) is 5.32 Å². The predicted octanol–water partition coefficient (Wildman–Crippen LogP) is 3.71. The molecule has 31 heavy (non-hydrogen) atoms. The first kappa shape index (κ1) is 23.7. The number of hydrogen-bond acceptors (Lipinski definition) is 5. The van der Waals surface area contributed by atoms with E-state index in [0.717, 1.165) is 28.4 Å². The molecule has 2 aromatic rings. The van der Waals surface area contributed by atoms with E-state index in [0.29, 0.717) is 6.54 Å². The van der Waals surface area contributed by atoms with E-state index >= 15 is 0 Å². The number of aromatic nitrogens is 1. The SMILES string of the molecule is COc1ccc(-n2c(C)cc(/C=C(\C#N)C(=O)O[C@@H](C)C(=O)NCC(C)C)c2C)cc1. The van der Waals surface area contributed by atoms with Crippen LogP contribution in [-0.4, -0.2) is 36.2 Å². The van der Waals surface area contributed by atoms with Crippen molar-refractivity contribution in [2.45, 2.75) is 40.7 Å². The summed E-state index contributed by atoms with van der Waals surface area (Å²) in [6.07, 6.45) is 0.499. The number of hydrogen-bond donors (Lipinski definition) is 1. The third-order valence-electron chi connectivity index (χ3n) is 4.78. The van der Waals surface area contributed by atoms with Crippen molar-refractivity contribution in [1.29, 1.82) is 5.26 Å². The second-order valence-electron chi connectivity index (χ2n) is 7.72. The minimum absolute atomic E-state index is 0.168. The number of carbonyl (C=O) groups is 2. The van der Waals surface area contributed by atoms with E-state index in [1.165, 1.54) is 13.0 Å². The average molecular weight is 424 g/mol. The van der Waals surface area contributed by atoms with Crippen molar-refractivity contribution < 1.29 is 19.1 Å². The lowest BCUT2D eigenvalue weighted by Crippen LogP contribution is -2.37. The maximum absolute atomic E-state index is 12.5. The number of methoxy groups -OCH3 is 1. The van der Waals surface area contributed by atoms with Gasteiger partial charge < -0.3 is 19.4 Å². The van der Waals surface area contributed by atoms with Crippen LogP contribution < -0.4 is 10.1 Å². The topological polar surface area (TPSA) is 93.3 Å². The highest BCUT2D eigenvalue weighted by Crippen LogP contribution is 2.24. The van der Waals surface area contributed by atoms with Crippen LogP contribution in [0, 0.1) is 31.1 Å². The van der Waals surface area contributed by atoms with E-state index in [1.54, 1.807) is 7.11 Å². The van der Waals surface area contributed by atoms with Crippen molar-refractivity contribution in [2.75, 3.05) is 13.7 Å². The Balaban J connectivity index is 2.23. The minimum atomic E-state index is -0.991. The minimum Gasteiger partial charge on any atom is -0.497 e. The van der Waals surface area contributed by atoms with Crippen LogP contribution in [0.1, 0.15) is 37.7 Å². The second-order valence-corrected chi connectivity index (χ2v) is 7.72. The van der Waals surface area contributed by atoms with Crippen LogP contribution in [0.4, 0.5) is 0 Å². The molecule has 0 aliphatic carbocycles. The molecule has 1 aromatic carbocycles. The van der Waals surface area contributed by atoms with Gasteiger partial charge in [-0.05, 0) is 68.7 Å². The smallest absolute Gasteiger partial charge is 0.349 e. The molecule has 164 valence electrons. The summed E-state index contributed by atoms with van der Waals surface area (Å²) < 4.78 is 12.4. The molecule has 0 saturated heterocycles. The van der Waals surface area contributed by atoms with Crippen LogP contribution in [-0.2, 0) is 14.3 Å². The molecule has 0 aliphatic heterocycles. The van der Waals surface area contributed by atoms with Gasteiger partial charge in [-0.15, -0.1) is 0 Å². The van der Waals surface area contributed by atoms with E-state index in [-0.39, 0.29) is 11.5 Å². The van der Waals surface area contributed by atoms with Crippen molar-refractivity contribution >= 4 is 18.0 Å². The number of ether oxygens (including phenoxy) is 2. The highest BCUT2D eigenvalue weighted by atomic mass is 16.5. The van der Waals surface area contributed by atoms with Crippen molar-refractivity contribution in [1.82, 2.24) is 9.88 Å². The first-order chi connectivity index (χ1) is 14.7. The van der Waals surface area contributed by atoms with Crippen LogP contribution in [0.3, 0.4) is 0 Å². The molecule has 1 N–H and O–H groups in total. The largest absolute Gasteiger partial charge is 0.497 e. The lowest BCUT2D eigenvalue weighted by Gasteiger charge is -2.14. The molecule has 0 unspecified atom stereocenters. The molecule has 0 spiro atoms. The van der Waals surface area contributed by atoms with Crippen molar-refractivity contribution in [3.63, 3.8) is 0 Å². The molecule has 2 rings (SSSR count). The Kier molecular flexibility index (Phi) is 8.03. The van der Waals surface area contributed by atoms with Crippen LogP contribution in [0.5, 0.6) is 5.75 Å². The molecule has 1 aromatic heterocycles. The van der Waals surface area contributed by atoms with Gasteiger partial charge in [0, 0.05) is 23.6 Å². The number of carbonyl (C=O) groups excluding carboxylic acids is 2. The Morgan fingerprint density at radius 1 is 1.19 bits per heavy atom. The van der Waals surface area contributed by atoms with Gasteiger partial charge in [-0.1, -0.05) is 13.8 Å². The van der Waals surface area contributed by atoms with Gasteiger partial charge in [0.2, 0.25) is 0 Å². The van der Waals surface area contributed by atoms with E-state index < -0.39 is 18.0 Å². The van der Waals surface area contributed by atoms with Crippen LogP contribution in [0.15, 0.2) is 35.9 Å². The summed E-state index contributed by atoms with van der Waals surface area (Å²) in [6.45, 7) is 9.76. The van der Waals surface area contributed by atoms with Crippen molar-refractivity contribution in [2.24, 2.45) is 5.92 Å². The monoisotopic (exact) mass is 423 g/mol. The average Bonchev–Trinajstić information content (AvgIpc) is 3.02. The van der Waals surface area contributed by atoms with Gasteiger partial charge in [-0.25, -0.2) is 4.79 Å². The Morgan fingerprint density at radius 2 is 1.84 bits per heavy atom. The summed E-state index contributed by atoms with van der Waals surface area (Å²) in [6, 6.07) is 11.4. The van der Waals surface area contributed by atoms with Crippen LogP contribution >= 0.6 is 0 Å². The number of nitriles is 1. The lowest BCUT2D eigenvalue weighted by molar-refractivity contribution is -0.150. The molecule has 0 saturated carbocycles. The number of rotatable bonds is 8. The molecule has 0 radical (unpaired) electrons. The van der Waals surface area contributed by atoms with Gasteiger partial charge in [0.15, 0.2) is 6.10 Å². The molecule has 0 fully saturated rings. The molecule has 7 heteroatoms. The number of esters is 1. The first-order valence-corrected chi connectivity index (χ1v) is 10.1. The van der Waals surface area contributed by atoms with Gasteiger partial charge >= 0.3 is 5.97 Å². The normalized spacial score (nSPS) is 12.3. The molecule has 1 amide bonds.